The molecule has 0 aliphatic carbocycles. The van der Waals surface area contributed by atoms with Crippen LogP contribution in [0.2, 0.25) is 0 Å². The number of alkyl halides is 2. The molecule has 0 amide bonds. The van der Waals surface area contributed by atoms with E-state index < -0.39 is 32.7 Å². The van der Waals surface area contributed by atoms with Crippen molar-refractivity contribution >= 4 is 13.6 Å². The zero-order valence-electron chi connectivity index (χ0n) is 12.4. The maximum absolute atomic E-state index is 12.1. The van der Waals surface area contributed by atoms with Gasteiger partial charge in [-0.25, -0.2) is 13.6 Å². The summed E-state index contributed by atoms with van der Waals surface area (Å²) in [6.07, 6.45) is -3.85. The number of hydrogen-bond donors (Lipinski definition) is 0. The highest BCUT2D eigenvalue weighted by atomic mass is 31.2. The standard InChI is InChI=1S/C14H19F2O5P/c1-3-19-14(17)12(9-11-7-5-4-6-8-11)21-22(2,18)20-10-13(15)16/h4-8,12-13H,3,9-10H2,1-2H3. The van der Waals surface area contributed by atoms with Gasteiger partial charge in [0, 0.05) is 13.1 Å². The lowest BCUT2D eigenvalue weighted by atomic mass is 10.1. The number of ether oxygens (including phenoxy) is 1. The Morgan fingerprint density at radius 1 is 1.27 bits per heavy atom. The van der Waals surface area contributed by atoms with Crippen LogP contribution in [0, 0.1) is 0 Å². The molecule has 0 aliphatic rings. The average Bonchev–Trinajstić information content (AvgIpc) is 2.46. The van der Waals surface area contributed by atoms with E-state index in [1.54, 1.807) is 37.3 Å². The van der Waals surface area contributed by atoms with Gasteiger partial charge in [0.05, 0.1) is 6.61 Å². The number of carbonyl (C=O) groups excluding carboxylic acids is 1. The van der Waals surface area contributed by atoms with Crippen molar-refractivity contribution in [1.82, 2.24) is 0 Å². The summed E-state index contributed by atoms with van der Waals surface area (Å²) in [5.74, 6) is -0.714. The lowest BCUT2D eigenvalue weighted by molar-refractivity contribution is -0.151. The molecule has 0 aliphatic heterocycles. The van der Waals surface area contributed by atoms with Crippen LogP contribution in [0.25, 0.3) is 0 Å². The first kappa shape index (κ1) is 18.7. The van der Waals surface area contributed by atoms with E-state index in [2.05, 4.69) is 4.52 Å². The Kier molecular flexibility index (Phi) is 7.65. The van der Waals surface area contributed by atoms with Gasteiger partial charge in [-0.3, -0.25) is 9.09 Å². The zero-order valence-corrected chi connectivity index (χ0v) is 13.3. The third-order valence-corrected chi connectivity index (χ3v) is 3.82. The number of halogens is 2. The summed E-state index contributed by atoms with van der Waals surface area (Å²) in [7, 11) is -3.80. The lowest BCUT2D eigenvalue weighted by Crippen LogP contribution is -2.28. The van der Waals surface area contributed by atoms with Gasteiger partial charge in [0.1, 0.15) is 6.61 Å². The van der Waals surface area contributed by atoms with Crippen molar-refractivity contribution in [2.45, 2.75) is 25.9 Å². The first-order chi connectivity index (χ1) is 10.3. The van der Waals surface area contributed by atoms with Crippen LogP contribution in [0.1, 0.15) is 12.5 Å². The molecule has 1 aromatic rings. The Hall–Kier alpha value is -1.30. The second-order valence-corrected chi connectivity index (χ2v) is 6.51. The minimum atomic E-state index is -3.80. The minimum Gasteiger partial charge on any atom is -0.464 e. The normalized spacial score (nSPS) is 15.3. The van der Waals surface area contributed by atoms with Crippen molar-refractivity contribution < 1.29 is 31.9 Å². The van der Waals surface area contributed by atoms with Crippen LogP contribution < -0.4 is 0 Å². The number of benzene rings is 1. The van der Waals surface area contributed by atoms with Crippen molar-refractivity contribution in [1.29, 1.82) is 0 Å². The largest absolute Gasteiger partial charge is 0.464 e. The Bertz CT molecular complexity index is 509. The summed E-state index contributed by atoms with van der Waals surface area (Å²) in [6.45, 7) is 1.77. The molecule has 0 N–H and O–H groups in total. The van der Waals surface area contributed by atoms with Crippen LogP contribution in [0.5, 0.6) is 0 Å². The molecule has 0 bridgehead atoms. The van der Waals surface area contributed by atoms with Gasteiger partial charge in [0.2, 0.25) is 0 Å². The maximum Gasteiger partial charge on any atom is 0.336 e. The minimum absolute atomic E-state index is 0.107. The summed E-state index contributed by atoms with van der Waals surface area (Å²) in [4.78, 5) is 11.9. The Balaban J connectivity index is 2.77. The molecule has 0 aromatic heterocycles. The van der Waals surface area contributed by atoms with Crippen LogP contribution >= 0.6 is 7.60 Å². The smallest absolute Gasteiger partial charge is 0.336 e. The van der Waals surface area contributed by atoms with Gasteiger partial charge in [-0.05, 0) is 12.5 Å². The van der Waals surface area contributed by atoms with E-state index in [1.807, 2.05) is 0 Å². The highest BCUT2D eigenvalue weighted by molar-refractivity contribution is 7.53. The molecule has 1 aromatic carbocycles. The predicted octanol–water partition coefficient (Wildman–Crippen LogP) is 3.28. The van der Waals surface area contributed by atoms with Gasteiger partial charge in [-0.2, -0.15) is 0 Å². The SMILES string of the molecule is CCOC(=O)C(Cc1ccccc1)OP(C)(=O)OCC(F)F. The fourth-order valence-electron chi connectivity index (χ4n) is 1.68. The monoisotopic (exact) mass is 336 g/mol. The second kappa shape index (κ2) is 8.98. The fourth-order valence-corrected chi connectivity index (χ4v) is 2.75. The van der Waals surface area contributed by atoms with Gasteiger partial charge in [-0.1, -0.05) is 30.3 Å². The van der Waals surface area contributed by atoms with Gasteiger partial charge in [0.15, 0.2) is 6.10 Å². The summed E-state index contributed by atoms with van der Waals surface area (Å²) in [5.41, 5.74) is 0.759. The molecule has 22 heavy (non-hydrogen) atoms. The molecule has 2 unspecified atom stereocenters. The topological polar surface area (TPSA) is 61.8 Å². The van der Waals surface area contributed by atoms with E-state index in [-0.39, 0.29) is 13.0 Å². The predicted molar refractivity (Wildman–Crippen MR) is 77.1 cm³/mol. The molecular formula is C14H19F2O5P. The Morgan fingerprint density at radius 2 is 1.91 bits per heavy atom. The number of rotatable bonds is 9. The van der Waals surface area contributed by atoms with Crippen molar-refractivity contribution in [3.63, 3.8) is 0 Å². The van der Waals surface area contributed by atoms with Crippen LogP contribution in [0.4, 0.5) is 8.78 Å². The van der Waals surface area contributed by atoms with Gasteiger partial charge in [-0.15, -0.1) is 0 Å². The van der Waals surface area contributed by atoms with Crippen molar-refractivity contribution in [2.75, 3.05) is 19.9 Å². The van der Waals surface area contributed by atoms with Crippen molar-refractivity contribution in [3.05, 3.63) is 35.9 Å². The molecule has 0 saturated carbocycles. The van der Waals surface area contributed by atoms with Gasteiger partial charge in [0.25, 0.3) is 6.43 Å². The van der Waals surface area contributed by atoms with E-state index in [0.717, 1.165) is 12.2 Å². The van der Waals surface area contributed by atoms with E-state index >= 15 is 0 Å². The first-order valence-corrected chi connectivity index (χ1v) is 8.72. The van der Waals surface area contributed by atoms with E-state index in [4.69, 9.17) is 9.26 Å². The molecule has 0 radical (unpaired) electrons. The van der Waals surface area contributed by atoms with E-state index in [9.17, 15) is 18.1 Å². The molecule has 1 rings (SSSR count). The van der Waals surface area contributed by atoms with E-state index in [1.165, 1.54) is 0 Å². The Labute approximate surface area is 128 Å². The lowest BCUT2D eigenvalue weighted by Gasteiger charge is -2.21. The third kappa shape index (κ3) is 7.11. The zero-order chi connectivity index (χ0) is 16.6. The molecular weight excluding hydrogens is 317 g/mol. The molecule has 2 atom stereocenters. The van der Waals surface area contributed by atoms with Crippen LogP contribution in [-0.4, -0.2) is 38.4 Å². The van der Waals surface area contributed by atoms with Crippen molar-refractivity contribution in [3.8, 4) is 0 Å². The molecule has 0 saturated heterocycles. The fraction of sp³-hybridized carbons (Fsp3) is 0.500. The quantitative estimate of drug-likeness (QED) is 0.511. The molecule has 8 heteroatoms. The molecule has 0 spiro atoms. The maximum atomic E-state index is 12.1. The van der Waals surface area contributed by atoms with Crippen molar-refractivity contribution in [2.24, 2.45) is 0 Å². The van der Waals surface area contributed by atoms with E-state index in [0.29, 0.717) is 0 Å². The van der Waals surface area contributed by atoms with Gasteiger partial charge < -0.3 is 9.26 Å². The third-order valence-electron chi connectivity index (χ3n) is 2.57. The number of esters is 1. The molecule has 0 fully saturated rings. The first-order valence-electron chi connectivity index (χ1n) is 6.73. The molecule has 0 heterocycles. The summed E-state index contributed by atoms with van der Waals surface area (Å²) >= 11 is 0. The highest BCUT2D eigenvalue weighted by Gasteiger charge is 2.30. The van der Waals surface area contributed by atoms with Crippen LogP contribution in [0.3, 0.4) is 0 Å². The second-order valence-electron chi connectivity index (χ2n) is 4.49. The average molecular weight is 336 g/mol. The summed E-state index contributed by atoms with van der Waals surface area (Å²) in [6, 6.07) is 8.87. The van der Waals surface area contributed by atoms with Crippen LogP contribution in [0.15, 0.2) is 30.3 Å². The molecule has 124 valence electrons. The highest BCUT2D eigenvalue weighted by Crippen LogP contribution is 2.46. The number of carbonyl (C=O) groups is 1. The summed E-state index contributed by atoms with van der Waals surface area (Å²) < 4.78 is 50.9. The van der Waals surface area contributed by atoms with Gasteiger partial charge >= 0.3 is 13.6 Å². The Morgan fingerprint density at radius 3 is 2.45 bits per heavy atom. The molecule has 5 nitrogen and oxygen atoms in total. The summed E-state index contributed by atoms with van der Waals surface area (Å²) in [5, 5.41) is 0. The van der Waals surface area contributed by atoms with Crippen LogP contribution in [-0.2, 0) is 29.6 Å². The number of hydrogen-bond acceptors (Lipinski definition) is 5.